The smallest absolute Gasteiger partial charge is 0.264 e. The molecule has 0 radical (unpaired) electrons. The molecule has 170 valence electrons. The van der Waals surface area contributed by atoms with Crippen molar-refractivity contribution in [3.8, 4) is 11.5 Å². The van der Waals surface area contributed by atoms with E-state index in [0.717, 1.165) is 22.2 Å². The Kier molecular flexibility index (Phi) is 4.74. The van der Waals surface area contributed by atoms with Crippen LogP contribution in [0.1, 0.15) is 5.56 Å². The second-order valence-corrected chi connectivity index (χ2v) is 10.5. The van der Waals surface area contributed by atoms with Crippen LogP contribution in [-0.4, -0.2) is 23.0 Å². The maximum atomic E-state index is 13.4. The monoisotopic (exact) mass is 510 g/mol. The van der Waals surface area contributed by atoms with Crippen molar-refractivity contribution in [1.82, 2.24) is 14.5 Å². The molecule has 3 aromatic carbocycles. The van der Waals surface area contributed by atoms with E-state index in [4.69, 9.17) is 28.2 Å². The molecule has 0 amide bonds. The van der Waals surface area contributed by atoms with Crippen molar-refractivity contribution in [2.45, 2.75) is 17.9 Å². The SMILES string of the molecule is O=c1c2cc(NS(=O)(=O)c3c(Cl)cccc3Cl)ccc2nc2n1CCc1c-2[nH]c2ccccc12. The molecule has 0 atom stereocenters. The third kappa shape index (κ3) is 3.21. The van der Waals surface area contributed by atoms with Gasteiger partial charge in [0.2, 0.25) is 0 Å². The topological polar surface area (TPSA) is 96.8 Å². The van der Waals surface area contributed by atoms with E-state index in [-0.39, 0.29) is 26.2 Å². The molecule has 0 unspecified atom stereocenters. The number of H-pyrrole nitrogens is 1. The Hall–Kier alpha value is -3.33. The van der Waals surface area contributed by atoms with Crippen LogP contribution in [0.4, 0.5) is 5.69 Å². The molecule has 10 heteroatoms. The number of sulfonamides is 1. The normalized spacial score (nSPS) is 13.1. The zero-order valence-corrected chi connectivity index (χ0v) is 19.8. The Balaban J connectivity index is 1.46. The first-order chi connectivity index (χ1) is 16.3. The van der Waals surface area contributed by atoms with Gasteiger partial charge in [0.25, 0.3) is 15.6 Å². The Bertz CT molecular complexity index is 1790. The number of halogens is 2. The number of hydrogen-bond acceptors (Lipinski definition) is 4. The number of para-hydroxylation sites is 1. The number of anilines is 1. The van der Waals surface area contributed by atoms with E-state index >= 15 is 0 Å². The van der Waals surface area contributed by atoms with E-state index in [1.165, 1.54) is 18.2 Å². The van der Waals surface area contributed by atoms with Gasteiger partial charge in [-0.3, -0.25) is 14.1 Å². The van der Waals surface area contributed by atoms with Crippen molar-refractivity contribution in [2.24, 2.45) is 0 Å². The van der Waals surface area contributed by atoms with Crippen LogP contribution in [0.25, 0.3) is 33.3 Å². The molecule has 0 bridgehead atoms. The summed E-state index contributed by atoms with van der Waals surface area (Å²) in [4.78, 5) is 21.3. The standard InChI is InChI=1S/C24H16Cl2N4O3S/c25-17-5-3-6-18(26)22(17)34(32,33)29-13-8-9-20-16(12-13)24(31)30-11-10-15-14-4-1-2-7-19(14)27-21(15)23(30)28-20/h1-9,12,27,29H,10-11H2. The van der Waals surface area contributed by atoms with Crippen molar-refractivity contribution < 1.29 is 8.42 Å². The summed E-state index contributed by atoms with van der Waals surface area (Å²) >= 11 is 12.2. The molecule has 1 aliphatic heterocycles. The van der Waals surface area contributed by atoms with Gasteiger partial charge in [-0.05, 0) is 48.4 Å². The molecule has 7 nitrogen and oxygen atoms in total. The predicted octanol–water partition coefficient (Wildman–Crippen LogP) is 5.21. The minimum atomic E-state index is -4.08. The molecule has 0 saturated carbocycles. The Labute approximate surface area is 204 Å². The van der Waals surface area contributed by atoms with Crippen LogP contribution in [0, 0.1) is 0 Å². The Morgan fingerprint density at radius 3 is 2.53 bits per heavy atom. The number of hydrogen-bond donors (Lipinski definition) is 2. The third-order valence-electron chi connectivity index (χ3n) is 6.02. The van der Waals surface area contributed by atoms with Crippen LogP contribution in [0.3, 0.4) is 0 Å². The molecule has 0 spiro atoms. The summed E-state index contributed by atoms with van der Waals surface area (Å²) in [5.41, 5.74) is 3.43. The van der Waals surface area contributed by atoms with E-state index in [1.807, 2.05) is 18.2 Å². The van der Waals surface area contributed by atoms with Crippen molar-refractivity contribution in [3.05, 3.63) is 86.6 Å². The highest BCUT2D eigenvalue weighted by Gasteiger charge is 2.25. The fraction of sp³-hybridized carbons (Fsp3) is 0.0833. The number of aromatic amines is 1. The molecule has 2 N–H and O–H groups in total. The second-order valence-electron chi connectivity index (χ2n) is 8.05. The fourth-order valence-corrected chi connectivity index (χ4v) is 6.70. The molecule has 0 saturated heterocycles. The van der Waals surface area contributed by atoms with Crippen molar-refractivity contribution in [1.29, 1.82) is 0 Å². The van der Waals surface area contributed by atoms with Gasteiger partial charge in [-0.2, -0.15) is 0 Å². The van der Waals surface area contributed by atoms with Crippen LogP contribution in [-0.2, 0) is 23.0 Å². The molecule has 0 aliphatic carbocycles. The minimum absolute atomic E-state index is 0.00531. The summed E-state index contributed by atoms with van der Waals surface area (Å²) in [6, 6.07) is 17.1. The van der Waals surface area contributed by atoms with Gasteiger partial charge in [0.1, 0.15) is 4.90 Å². The fourth-order valence-electron chi connectivity index (χ4n) is 4.50. The first-order valence-electron chi connectivity index (χ1n) is 10.4. The number of nitrogens with zero attached hydrogens (tertiary/aromatic N) is 2. The van der Waals surface area contributed by atoms with E-state index in [1.54, 1.807) is 22.8 Å². The van der Waals surface area contributed by atoms with Gasteiger partial charge in [0.15, 0.2) is 5.82 Å². The highest BCUT2D eigenvalue weighted by Crippen LogP contribution is 2.34. The maximum absolute atomic E-state index is 13.4. The van der Waals surface area contributed by atoms with Crippen LogP contribution in [0.15, 0.2) is 70.4 Å². The van der Waals surface area contributed by atoms with Crippen molar-refractivity contribution >= 4 is 60.7 Å². The minimum Gasteiger partial charge on any atom is -0.352 e. The maximum Gasteiger partial charge on any atom is 0.264 e. The Morgan fingerprint density at radius 2 is 1.74 bits per heavy atom. The van der Waals surface area contributed by atoms with Gasteiger partial charge in [-0.25, -0.2) is 13.4 Å². The van der Waals surface area contributed by atoms with Gasteiger partial charge >= 0.3 is 0 Å². The molecule has 5 aromatic rings. The van der Waals surface area contributed by atoms with E-state index < -0.39 is 10.0 Å². The molecule has 6 rings (SSSR count). The number of benzene rings is 3. The third-order valence-corrected chi connectivity index (χ3v) is 8.35. The van der Waals surface area contributed by atoms with Gasteiger partial charge in [-0.15, -0.1) is 0 Å². The molecule has 0 fully saturated rings. The average Bonchev–Trinajstić information content (AvgIpc) is 3.18. The first-order valence-corrected chi connectivity index (χ1v) is 12.7. The largest absolute Gasteiger partial charge is 0.352 e. The van der Waals surface area contributed by atoms with Gasteiger partial charge in [0, 0.05) is 23.1 Å². The quantitative estimate of drug-likeness (QED) is 0.348. The summed E-state index contributed by atoms with van der Waals surface area (Å²) in [7, 11) is -4.08. The van der Waals surface area contributed by atoms with Crippen LogP contribution in [0.2, 0.25) is 10.0 Å². The summed E-state index contributed by atoms with van der Waals surface area (Å²) in [5, 5.41) is 1.45. The van der Waals surface area contributed by atoms with Gasteiger partial charge < -0.3 is 4.98 Å². The van der Waals surface area contributed by atoms with Gasteiger partial charge in [-0.1, -0.05) is 47.5 Å². The molecule has 34 heavy (non-hydrogen) atoms. The number of rotatable bonds is 3. The van der Waals surface area contributed by atoms with Crippen LogP contribution in [0.5, 0.6) is 0 Å². The number of aryl methyl sites for hydroxylation is 1. The van der Waals surface area contributed by atoms with Crippen molar-refractivity contribution in [3.63, 3.8) is 0 Å². The summed E-state index contributed by atoms with van der Waals surface area (Å²) in [6.45, 7) is 0.483. The van der Waals surface area contributed by atoms with E-state index in [9.17, 15) is 13.2 Å². The lowest BCUT2D eigenvalue weighted by Gasteiger charge is -2.19. The lowest BCUT2D eigenvalue weighted by atomic mass is 10.0. The molecular formula is C24H16Cl2N4O3S. The summed E-state index contributed by atoms with van der Waals surface area (Å²) in [5.74, 6) is 0.575. The van der Waals surface area contributed by atoms with Crippen LogP contribution < -0.4 is 10.3 Å². The van der Waals surface area contributed by atoms with E-state index in [0.29, 0.717) is 29.7 Å². The highest BCUT2D eigenvalue weighted by atomic mass is 35.5. The highest BCUT2D eigenvalue weighted by molar-refractivity contribution is 7.93. The summed E-state index contributed by atoms with van der Waals surface area (Å²) in [6.07, 6.45) is 0.691. The first kappa shape index (κ1) is 21.2. The second kappa shape index (κ2) is 7.59. The molecule has 2 aromatic heterocycles. The van der Waals surface area contributed by atoms with Crippen LogP contribution >= 0.6 is 23.2 Å². The lowest BCUT2D eigenvalue weighted by Crippen LogP contribution is -2.27. The molecular weight excluding hydrogens is 495 g/mol. The zero-order chi connectivity index (χ0) is 23.6. The lowest BCUT2D eigenvalue weighted by molar-refractivity contribution is 0.601. The Morgan fingerprint density at radius 1 is 0.971 bits per heavy atom. The number of fused-ring (bicyclic) bond motifs is 6. The summed E-state index contributed by atoms with van der Waals surface area (Å²) < 4.78 is 30.0. The van der Waals surface area contributed by atoms with Crippen molar-refractivity contribution in [2.75, 3.05) is 4.72 Å². The zero-order valence-electron chi connectivity index (χ0n) is 17.5. The average molecular weight is 511 g/mol. The van der Waals surface area contributed by atoms with Gasteiger partial charge in [0.05, 0.1) is 26.6 Å². The number of nitrogens with one attached hydrogen (secondary N) is 2. The number of aromatic nitrogens is 3. The van der Waals surface area contributed by atoms with E-state index in [2.05, 4.69) is 15.8 Å². The molecule has 1 aliphatic rings. The predicted molar refractivity (Wildman–Crippen MR) is 134 cm³/mol. The molecule has 3 heterocycles.